The number of aliphatic carboxylic acids is 1. The standard InChI is InChI=1S/C26H24FN5O3/c27-21-11-17(3-4-18(21)13-28)25-30-24(26(35)31-10-9-19(29)14-31)22(12-23(33)34)32(25)20-7-5-16(6-8-20)15-1-2-15/h3-8,11,15,19H,1-2,9-10,12,14,29H2,(H,33,34)/t19-/m1/s1. The van der Waals surface area contributed by atoms with E-state index in [4.69, 9.17) is 11.0 Å². The predicted octanol–water partition coefficient (Wildman–Crippen LogP) is 3.23. The zero-order valence-corrected chi connectivity index (χ0v) is 18.9. The van der Waals surface area contributed by atoms with Gasteiger partial charge in [0, 0.05) is 30.4 Å². The molecule has 1 atom stereocenters. The number of benzene rings is 2. The smallest absolute Gasteiger partial charge is 0.309 e. The summed E-state index contributed by atoms with van der Waals surface area (Å²) in [6, 6.07) is 13.4. The van der Waals surface area contributed by atoms with E-state index in [9.17, 15) is 19.1 Å². The maximum absolute atomic E-state index is 14.5. The fraction of sp³-hybridized carbons (Fsp3) is 0.308. The first kappa shape index (κ1) is 22.7. The van der Waals surface area contributed by atoms with Crippen molar-refractivity contribution in [1.82, 2.24) is 14.5 Å². The topological polar surface area (TPSA) is 125 Å². The first-order chi connectivity index (χ1) is 16.9. The molecule has 1 aromatic heterocycles. The molecule has 2 heterocycles. The summed E-state index contributed by atoms with van der Waals surface area (Å²) in [6.45, 7) is 0.811. The van der Waals surface area contributed by atoms with Gasteiger partial charge < -0.3 is 15.7 Å². The van der Waals surface area contributed by atoms with Gasteiger partial charge in [0.15, 0.2) is 5.69 Å². The average molecular weight is 474 g/mol. The lowest BCUT2D eigenvalue weighted by molar-refractivity contribution is -0.136. The van der Waals surface area contributed by atoms with Crippen molar-refractivity contribution < 1.29 is 19.1 Å². The molecule has 178 valence electrons. The molecule has 2 fully saturated rings. The second-order valence-corrected chi connectivity index (χ2v) is 9.11. The second kappa shape index (κ2) is 8.96. The first-order valence-corrected chi connectivity index (χ1v) is 11.5. The van der Waals surface area contributed by atoms with Gasteiger partial charge >= 0.3 is 5.97 Å². The van der Waals surface area contributed by atoms with E-state index in [0.29, 0.717) is 36.7 Å². The molecule has 3 N–H and O–H groups in total. The summed E-state index contributed by atoms with van der Waals surface area (Å²) in [5.74, 6) is -1.48. The number of hydrogen-bond donors (Lipinski definition) is 2. The van der Waals surface area contributed by atoms with Crippen LogP contribution in [0.5, 0.6) is 0 Å². The number of amides is 1. The van der Waals surface area contributed by atoms with Crippen LogP contribution in [0.2, 0.25) is 0 Å². The number of carboxylic acids is 1. The van der Waals surface area contributed by atoms with Crippen molar-refractivity contribution in [3.8, 4) is 23.1 Å². The lowest BCUT2D eigenvalue weighted by atomic mass is 10.1. The monoisotopic (exact) mass is 473 g/mol. The van der Waals surface area contributed by atoms with Gasteiger partial charge in [0.2, 0.25) is 0 Å². The molecule has 2 aromatic carbocycles. The predicted molar refractivity (Wildman–Crippen MR) is 125 cm³/mol. The lowest BCUT2D eigenvalue weighted by Crippen LogP contribution is -2.33. The van der Waals surface area contributed by atoms with Crippen LogP contribution in [-0.2, 0) is 11.2 Å². The van der Waals surface area contributed by atoms with Gasteiger partial charge in [0.05, 0.1) is 17.7 Å². The Morgan fingerprint density at radius 1 is 1.17 bits per heavy atom. The zero-order valence-electron chi connectivity index (χ0n) is 18.9. The summed E-state index contributed by atoms with van der Waals surface area (Å²) in [5, 5.41) is 18.8. The van der Waals surface area contributed by atoms with E-state index in [-0.39, 0.29) is 28.8 Å². The van der Waals surface area contributed by atoms with Crippen LogP contribution in [0.1, 0.15) is 52.5 Å². The van der Waals surface area contributed by atoms with Crippen molar-refractivity contribution in [1.29, 1.82) is 5.26 Å². The van der Waals surface area contributed by atoms with Crippen LogP contribution < -0.4 is 5.73 Å². The highest BCUT2D eigenvalue weighted by molar-refractivity contribution is 5.96. The van der Waals surface area contributed by atoms with Gasteiger partial charge in [-0.2, -0.15) is 5.26 Å². The van der Waals surface area contributed by atoms with Crippen molar-refractivity contribution in [2.24, 2.45) is 5.73 Å². The third-order valence-corrected chi connectivity index (χ3v) is 6.55. The van der Waals surface area contributed by atoms with Crippen LogP contribution in [0, 0.1) is 17.1 Å². The normalized spacial score (nSPS) is 17.4. The largest absolute Gasteiger partial charge is 0.481 e. The summed E-state index contributed by atoms with van der Waals surface area (Å²) in [6.07, 6.45) is 2.48. The molecule has 35 heavy (non-hydrogen) atoms. The van der Waals surface area contributed by atoms with Gasteiger partial charge in [-0.15, -0.1) is 0 Å². The first-order valence-electron chi connectivity index (χ1n) is 11.5. The number of nitrogens with two attached hydrogens (primary N) is 1. The highest BCUT2D eigenvalue weighted by Crippen LogP contribution is 2.40. The van der Waals surface area contributed by atoms with Crippen LogP contribution in [0.3, 0.4) is 0 Å². The Morgan fingerprint density at radius 3 is 2.49 bits per heavy atom. The maximum Gasteiger partial charge on any atom is 0.309 e. The SMILES string of the molecule is N#Cc1ccc(-c2nc(C(=O)N3CC[C@@H](N)C3)c(CC(=O)O)n2-c2ccc(C3CC3)cc2)cc1F. The Labute approximate surface area is 201 Å². The third kappa shape index (κ3) is 4.40. The number of imidazole rings is 1. The summed E-state index contributed by atoms with van der Waals surface area (Å²) in [5.41, 5.74) is 8.23. The summed E-state index contributed by atoms with van der Waals surface area (Å²) in [7, 11) is 0. The Kier molecular flexibility index (Phi) is 5.83. The number of likely N-dealkylation sites (tertiary alicyclic amines) is 1. The quantitative estimate of drug-likeness (QED) is 0.566. The van der Waals surface area contributed by atoms with Gasteiger partial charge in [-0.25, -0.2) is 9.37 Å². The molecule has 2 aliphatic rings. The van der Waals surface area contributed by atoms with E-state index in [2.05, 4.69) is 4.98 Å². The third-order valence-electron chi connectivity index (χ3n) is 6.55. The van der Waals surface area contributed by atoms with E-state index in [1.807, 2.05) is 24.3 Å². The number of nitrogens with zero attached hydrogens (tertiary/aromatic N) is 4. The van der Waals surface area contributed by atoms with E-state index < -0.39 is 24.1 Å². The van der Waals surface area contributed by atoms with Crippen LogP contribution in [0.4, 0.5) is 4.39 Å². The Morgan fingerprint density at radius 2 is 1.91 bits per heavy atom. The van der Waals surface area contributed by atoms with Crippen molar-refractivity contribution in [2.75, 3.05) is 13.1 Å². The molecule has 1 saturated carbocycles. The number of carboxylic acid groups (broad SMARTS) is 1. The van der Waals surface area contributed by atoms with E-state index in [1.165, 1.54) is 17.7 Å². The van der Waals surface area contributed by atoms with Gasteiger partial charge in [-0.3, -0.25) is 14.2 Å². The maximum atomic E-state index is 14.5. The van der Waals surface area contributed by atoms with Crippen LogP contribution in [0.25, 0.3) is 17.1 Å². The number of rotatable bonds is 6. The van der Waals surface area contributed by atoms with Gasteiger partial charge in [-0.05, 0) is 61.1 Å². The zero-order chi connectivity index (χ0) is 24.7. The fourth-order valence-electron chi connectivity index (χ4n) is 4.58. The molecule has 3 aromatic rings. The molecule has 0 unspecified atom stereocenters. The Balaban J connectivity index is 1.70. The number of halogens is 1. The highest BCUT2D eigenvalue weighted by atomic mass is 19.1. The van der Waals surface area contributed by atoms with Crippen molar-refractivity contribution in [3.63, 3.8) is 0 Å². The molecule has 1 amide bonds. The summed E-state index contributed by atoms with van der Waals surface area (Å²) >= 11 is 0. The van der Waals surface area contributed by atoms with Crippen molar-refractivity contribution in [2.45, 2.75) is 37.6 Å². The highest BCUT2D eigenvalue weighted by Gasteiger charge is 2.32. The van der Waals surface area contributed by atoms with Crippen LogP contribution >= 0.6 is 0 Å². The van der Waals surface area contributed by atoms with Crippen LogP contribution in [-0.4, -0.2) is 50.6 Å². The average Bonchev–Trinajstić information content (AvgIpc) is 3.50. The molecule has 1 aliphatic carbocycles. The number of carbonyl (C=O) groups is 2. The molecule has 0 spiro atoms. The van der Waals surface area contributed by atoms with Crippen molar-refractivity contribution >= 4 is 11.9 Å². The second-order valence-electron chi connectivity index (χ2n) is 9.11. The minimum absolute atomic E-state index is 0.00698. The Bertz CT molecular complexity index is 1350. The number of hydrogen-bond acceptors (Lipinski definition) is 5. The molecular formula is C26H24FN5O3. The van der Waals surface area contributed by atoms with E-state index in [1.54, 1.807) is 21.6 Å². The van der Waals surface area contributed by atoms with Gasteiger partial charge in [0.1, 0.15) is 17.7 Å². The number of nitriles is 1. The molecule has 0 bridgehead atoms. The molecule has 8 nitrogen and oxygen atoms in total. The summed E-state index contributed by atoms with van der Waals surface area (Å²) < 4.78 is 16.1. The molecule has 1 saturated heterocycles. The molecule has 9 heteroatoms. The number of aromatic nitrogens is 2. The minimum Gasteiger partial charge on any atom is -0.481 e. The molecule has 1 aliphatic heterocycles. The van der Waals surface area contributed by atoms with E-state index in [0.717, 1.165) is 12.8 Å². The fourth-order valence-corrected chi connectivity index (χ4v) is 4.58. The van der Waals surface area contributed by atoms with E-state index >= 15 is 0 Å². The molecule has 0 radical (unpaired) electrons. The summed E-state index contributed by atoms with van der Waals surface area (Å²) in [4.78, 5) is 31.4. The lowest BCUT2D eigenvalue weighted by Gasteiger charge is -2.16. The van der Waals surface area contributed by atoms with Gasteiger partial charge in [0.25, 0.3) is 5.91 Å². The van der Waals surface area contributed by atoms with Crippen molar-refractivity contribution in [3.05, 3.63) is 70.8 Å². The minimum atomic E-state index is -1.12. The molecular weight excluding hydrogens is 449 g/mol. The van der Waals surface area contributed by atoms with Gasteiger partial charge in [-0.1, -0.05) is 12.1 Å². The molecule has 5 rings (SSSR count). The van der Waals surface area contributed by atoms with Crippen LogP contribution in [0.15, 0.2) is 42.5 Å². The number of carbonyl (C=O) groups excluding carboxylic acids is 1. The Hall–Kier alpha value is -4.03.